The van der Waals surface area contributed by atoms with E-state index in [9.17, 15) is 43.2 Å². The van der Waals surface area contributed by atoms with Gasteiger partial charge in [-0.2, -0.15) is 0 Å². The van der Waals surface area contributed by atoms with E-state index < -0.39 is 99.6 Å². The van der Waals surface area contributed by atoms with Gasteiger partial charge in [0.15, 0.2) is 49.6 Å². The molecule has 2 saturated carbocycles. The number of carbonyl (C=O) groups is 10. The van der Waals surface area contributed by atoms with E-state index in [1.807, 2.05) is 58.3 Å². The average Bonchev–Trinajstić information content (AvgIpc) is 1.57. The van der Waals surface area contributed by atoms with Gasteiger partial charge >= 0.3 is 42.2 Å². The number of alkyl carbamates (subject to hydrolysis) is 1. The Hall–Kier alpha value is -11.9. The number of amides is 6. The minimum absolute atomic E-state index is 0.00237. The van der Waals surface area contributed by atoms with Crippen LogP contribution in [0.4, 0.5) is 31.4 Å². The molecule has 3 saturated heterocycles. The zero-order valence-electron chi connectivity index (χ0n) is 75.3. The van der Waals surface area contributed by atoms with Crippen LogP contribution in [0.1, 0.15) is 141 Å². The largest absolute Gasteiger partial charge is 0.493 e. The van der Waals surface area contributed by atoms with Gasteiger partial charge in [-0.15, -0.1) is 0 Å². The number of nitrogens with one attached hydrogen (secondary N) is 3. The van der Waals surface area contributed by atoms with Crippen LogP contribution < -0.4 is 44.5 Å². The van der Waals surface area contributed by atoms with Crippen molar-refractivity contribution in [3.63, 3.8) is 0 Å². The summed E-state index contributed by atoms with van der Waals surface area (Å²) in [6, 6.07) is 33.6. The van der Waals surface area contributed by atoms with E-state index in [4.69, 9.17) is 85.0 Å². The van der Waals surface area contributed by atoms with Gasteiger partial charge in [0.1, 0.15) is 38.8 Å². The molecule has 698 valence electrons. The molecule has 130 heavy (non-hydrogen) atoms. The van der Waals surface area contributed by atoms with Crippen molar-refractivity contribution in [3.8, 4) is 39.9 Å². The van der Waals surface area contributed by atoms with Crippen molar-refractivity contribution >= 4 is 85.3 Å². The van der Waals surface area contributed by atoms with Gasteiger partial charge in [0.05, 0.1) is 127 Å². The maximum absolute atomic E-state index is 15.5. The molecule has 4 aliphatic heterocycles. The highest BCUT2D eigenvalue weighted by Gasteiger charge is 2.58. The van der Waals surface area contributed by atoms with Crippen molar-refractivity contribution in [2.45, 2.75) is 173 Å². The molecule has 6 aromatic carbocycles. The first kappa shape index (κ1) is 95.7. The quantitative estimate of drug-likeness (QED) is 0.0105. The summed E-state index contributed by atoms with van der Waals surface area (Å²) in [4.78, 5) is 142. The molecule has 0 aromatic heterocycles. The van der Waals surface area contributed by atoms with Crippen LogP contribution in [0.25, 0.3) is 11.1 Å². The predicted molar refractivity (Wildman–Crippen MR) is 473 cm³/mol. The van der Waals surface area contributed by atoms with Crippen LogP contribution >= 0.6 is 0 Å². The topological polar surface area (TPSA) is 383 Å². The highest BCUT2D eigenvalue weighted by molar-refractivity contribution is 6.74. The fourth-order valence-corrected chi connectivity index (χ4v) is 17.7. The van der Waals surface area contributed by atoms with Crippen LogP contribution in [-0.4, -0.2) is 241 Å². The number of esters is 4. The molecule has 0 bridgehead atoms. The summed E-state index contributed by atoms with van der Waals surface area (Å²) in [6.45, 7) is 20.4. The minimum Gasteiger partial charge on any atom is -0.493 e. The summed E-state index contributed by atoms with van der Waals surface area (Å²) in [6.07, 6.45) is -4.44. The molecular weight excluding hydrogens is 1700 g/mol. The standard InChI is InChI=1S/C95H116N6O28Si/c1-13-33-119-92(111)99-50-64-48-94(28-29-94)56-100(64)87(107)71-45-78(113-9)80(47-75(71)99)121-52-62-20-18-19-61(42-62)51-120-79-46-73(70(44-77(79)112-8)86(106)101-57-95(30-31-95)49-65(101)54-124-130(11,12)93(5,6)7)98-91(110)122-53-63-25-26-76(128-89-85(127-60(4)104)83(126-59(3)103)82(125-58(2)102)84(129-89)88(108)114-10)74(43-63)97-81(105)27-34-115-36-38-117-40-41-118-39-37-116-35-32-96-90(109)123-55-72-68-23-16-14-21-66(68)67-22-15-17-24-69(67)72/h13-26,42-47,64-65,72,82-85,89H,1,27-41,48-57H2,2-12H3,(H,96,109)(H,97,105)(H,98,110)/t64-,65-,82+,83+,84+,85-,89-/m0/s1. The van der Waals surface area contributed by atoms with Crippen LogP contribution in [0, 0.1) is 10.8 Å². The Kier molecular flexibility index (Phi) is 31.5. The maximum atomic E-state index is 15.5. The number of anilines is 3. The zero-order valence-corrected chi connectivity index (χ0v) is 76.3. The van der Waals surface area contributed by atoms with Gasteiger partial charge in [-0.05, 0) is 137 Å². The molecule has 13 rings (SSSR count). The summed E-state index contributed by atoms with van der Waals surface area (Å²) >= 11 is 0. The zero-order chi connectivity index (χ0) is 92.6. The van der Waals surface area contributed by atoms with Gasteiger partial charge in [-0.25, -0.2) is 19.2 Å². The van der Waals surface area contributed by atoms with Crippen LogP contribution in [-0.2, 0) is 105 Å². The number of hydrogen-bond acceptors (Lipinski definition) is 28. The molecule has 3 aliphatic carbocycles. The first-order valence-corrected chi connectivity index (χ1v) is 46.6. The van der Waals surface area contributed by atoms with Crippen molar-refractivity contribution in [1.82, 2.24) is 15.1 Å². The SMILES string of the molecule is C=CCOC(=O)N1C[C@@H]2CC3(CC3)CN2C(=O)c2cc(OC)c(OCc3cccc(COc4cc(NC(=O)OCc5ccc(O[C@H]6O[C@@H](C(=O)OC)[C@H](OC(C)=O)[C@@H](OC(C)=O)[C@@H]6OC(C)=O)c(NC(=O)CCOCCOCCOCCOCCNC(=O)OCC6c7ccccc7-c7ccccc76)c5)c(C(=O)N5CC6(CC6)C[C@H]5CO[Si](C)(C)C(C)(C)C)cc4OC)c3)cc21. The van der Waals surface area contributed by atoms with Gasteiger partial charge in [0.2, 0.25) is 18.3 Å². The molecule has 6 amide bonds. The molecule has 3 N–H and O–H groups in total. The van der Waals surface area contributed by atoms with Crippen LogP contribution in [0.15, 0.2) is 128 Å². The lowest BCUT2D eigenvalue weighted by Crippen LogP contribution is -2.64. The van der Waals surface area contributed by atoms with Gasteiger partial charge in [0.25, 0.3) is 11.8 Å². The van der Waals surface area contributed by atoms with Crippen LogP contribution in [0.5, 0.6) is 28.7 Å². The third-order valence-electron chi connectivity index (χ3n) is 24.6. The monoisotopic (exact) mass is 1820 g/mol. The van der Waals surface area contributed by atoms with E-state index in [1.165, 1.54) is 55.5 Å². The maximum Gasteiger partial charge on any atom is 0.414 e. The molecule has 7 atom stereocenters. The van der Waals surface area contributed by atoms with Gasteiger partial charge in [0, 0.05) is 65.0 Å². The number of likely N-dealkylation sites (tertiary alicyclic amines) is 1. The van der Waals surface area contributed by atoms with Gasteiger partial charge in [-0.3, -0.25) is 39.0 Å². The summed E-state index contributed by atoms with van der Waals surface area (Å²) in [5, 5.41) is 8.22. The summed E-state index contributed by atoms with van der Waals surface area (Å²) in [7, 11) is 1.63. The Labute approximate surface area is 756 Å². The number of ether oxygens (including phenoxy) is 17. The average molecular weight is 1820 g/mol. The van der Waals surface area contributed by atoms with Crippen molar-refractivity contribution in [2.75, 3.05) is 136 Å². The summed E-state index contributed by atoms with van der Waals surface area (Å²) < 4.78 is 106. The normalized spacial score (nSPS) is 19.5. The first-order valence-electron chi connectivity index (χ1n) is 43.7. The van der Waals surface area contributed by atoms with E-state index in [0.29, 0.717) is 36.5 Å². The second-order valence-corrected chi connectivity index (χ2v) is 39.7. The molecule has 35 heteroatoms. The number of methoxy groups -OCH3 is 3. The van der Waals surface area contributed by atoms with Gasteiger partial charge in [-0.1, -0.05) is 106 Å². The number of nitrogens with zero attached hydrogens (tertiary/aromatic N) is 3. The molecule has 0 radical (unpaired) electrons. The van der Waals surface area contributed by atoms with E-state index in [-0.39, 0.29) is 195 Å². The molecule has 2 spiro atoms. The molecule has 5 fully saturated rings. The highest BCUT2D eigenvalue weighted by Crippen LogP contribution is 2.58. The van der Waals surface area contributed by atoms with Crippen molar-refractivity contribution in [3.05, 3.63) is 167 Å². The first-order chi connectivity index (χ1) is 62.4. The lowest BCUT2D eigenvalue weighted by Gasteiger charge is -2.43. The van der Waals surface area contributed by atoms with E-state index >= 15 is 4.79 Å². The van der Waals surface area contributed by atoms with Crippen LogP contribution in [0.2, 0.25) is 18.1 Å². The molecular formula is C95H116N6O28Si. The van der Waals surface area contributed by atoms with Crippen molar-refractivity contribution < 1.29 is 133 Å². The van der Waals surface area contributed by atoms with E-state index in [0.717, 1.165) is 88.7 Å². The number of hydrogen-bond donors (Lipinski definition) is 3. The Bertz CT molecular complexity index is 5080. The van der Waals surface area contributed by atoms with Crippen molar-refractivity contribution in [1.29, 1.82) is 0 Å². The molecule has 6 aromatic rings. The summed E-state index contributed by atoms with van der Waals surface area (Å²) in [5.74, 6) is -4.51. The third-order valence-corrected chi connectivity index (χ3v) is 29.1. The Balaban J connectivity index is 0.673. The fraction of sp³-hybridized carbons (Fsp3) is 0.495. The number of fused-ring (bicyclic) bond motifs is 5. The number of benzene rings is 6. The molecule has 7 aliphatic rings. The Morgan fingerprint density at radius 3 is 1.78 bits per heavy atom. The van der Waals surface area contributed by atoms with E-state index in [1.54, 1.807) is 12.1 Å². The molecule has 34 nitrogen and oxygen atoms in total. The molecule has 0 unspecified atom stereocenters. The Morgan fingerprint density at radius 2 is 1.17 bits per heavy atom. The van der Waals surface area contributed by atoms with E-state index in [2.05, 4.69) is 80.7 Å². The number of carbonyl (C=O) groups excluding carboxylic acids is 10. The number of rotatable bonds is 41. The highest BCUT2D eigenvalue weighted by atomic mass is 28.4. The fourth-order valence-electron chi connectivity index (χ4n) is 16.7. The lowest BCUT2D eigenvalue weighted by molar-refractivity contribution is -0.282. The minimum atomic E-state index is -2.31. The second-order valence-electron chi connectivity index (χ2n) is 34.9. The predicted octanol–water partition coefficient (Wildman–Crippen LogP) is 12.8. The second kappa shape index (κ2) is 42.8. The Morgan fingerprint density at radius 1 is 0.577 bits per heavy atom. The van der Waals surface area contributed by atoms with Crippen LogP contribution in [0.3, 0.4) is 0 Å². The lowest BCUT2D eigenvalue weighted by atomic mass is 9.97. The third kappa shape index (κ3) is 23.8. The van der Waals surface area contributed by atoms with Crippen molar-refractivity contribution in [2.24, 2.45) is 10.8 Å². The molecule has 4 heterocycles. The smallest absolute Gasteiger partial charge is 0.414 e. The van der Waals surface area contributed by atoms with Gasteiger partial charge < -0.3 is 105 Å². The summed E-state index contributed by atoms with van der Waals surface area (Å²) in [5.41, 5.74) is 6.71.